The van der Waals surface area contributed by atoms with Gasteiger partial charge in [0, 0.05) is 12.6 Å². The summed E-state index contributed by atoms with van der Waals surface area (Å²) in [4.78, 5) is 0. The molecule has 3 nitrogen and oxygen atoms in total. The fraction of sp³-hybridized carbons (Fsp3) is 0.833. The van der Waals surface area contributed by atoms with Crippen LogP contribution in [0.2, 0.25) is 0 Å². The van der Waals surface area contributed by atoms with Gasteiger partial charge in [0.25, 0.3) is 0 Å². The zero-order chi connectivity index (χ0) is 15.7. The third-order valence-electron chi connectivity index (χ3n) is 4.30. The van der Waals surface area contributed by atoms with Gasteiger partial charge in [0.1, 0.15) is 5.82 Å². The lowest BCUT2D eigenvalue weighted by Gasteiger charge is -2.07. The second kappa shape index (κ2) is 9.86. The number of nitrogen functional groups attached to an aromatic ring is 1. The van der Waals surface area contributed by atoms with Crippen LogP contribution in [0.3, 0.4) is 0 Å². The highest BCUT2D eigenvalue weighted by Gasteiger charge is 2.16. The molecular weight excluding hydrogens is 258 g/mol. The van der Waals surface area contributed by atoms with E-state index in [9.17, 15) is 0 Å². The van der Waals surface area contributed by atoms with E-state index in [2.05, 4.69) is 25.9 Å². The molecule has 0 unspecified atom stereocenters. The average molecular weight is 293 g/mol. The first-order valence-corrected chi connectivity index (χ1v) is 8.89. The van der Waals surface area contributed by atoms with Crippen molar-refractivity contribution in [1.29, 1.82) is 0 Å². The first-order chi connectivity index (χ1) is 10.1. The van der Waals surface area contributed by atoms with Gasteiger partial charge in [-0.05, 0) is 18.8 Å². The molecule has 1 aromatic heterocycles. The Morgan fingerprint density at radius 3 is 2.00 bits per heavy atom. The van der Waals surface area contributed by atoms with E-state index in [1.807, 2.05) is 11.7 Å². The third kappa shape index (κ3) is 6.11. The molecular formula is C18H35N3. The molecule has 0 saturated heterocycles. The highest BCUT2D eigenvalue weighted by Crippen LogP contribution is 2.26. The minimum Gasteiger partial charge on any atom is -0.384 e. The Labute approximate surface area is 131 Å². The molecule has 21 heavy (non-hydrogen) atoms. The minimum atomic E-state index is 0.465. The zero-order valence-corrected chi connectivity index (χ0v) is 14.6. The molecule has 1 aromatic rings. The lowest BCUT2D eigenvalue weighted by Crippen LogP contribution is -2.00. The van der Waals surface area contributed by atoms with Gasteiger partial charge in [0.15, 0.2) is 0 Å². The van der Waals surface area contributed by atoms with Gasteiger partial charge in [-0.3, -0.25) is 4.68 Å². The second-order valence-electron chi connectivity index (χ2n) is 6.60. The van der Waals surface area contributed by atoms with E-state index in [1.54, 1.807) is 0 Å². The van der Waals surface area contributed by atoms with E-state index >= 15 is 0 Å². The normalized spacial score (nSPS) is 11.5. The van der Waals surface area contributed by atoms with Crippen molar-refractivity contribution in [3.63, 3.8) is 0 Å². The lowest BCUT2D eigenvalue weighted by atomic mass is 9.99. The SMILES string of the molecule is CCCCCCCCCCCc1nn(C)c(N)c1C(C)C. The molecule has 0 aromatic carbocycles. The van der Waals surface area contributed by atoms with E-state index in [0.29, 0.717) is 5.92 Å². The van der Waals surface area contributed by atoms with Crippen LogP contribution in [-0.2, 0) is 13.5 Å². The van der Waals surface area contributed by atoms with Crippen molar-refractivity contribution in [3.8, 4) is 0 Å². The Morgan fingerprint density at radius 1 is 0.952 bits per heavy atom. The number of hydrogen-bond acceptors (Lipinski definition) is 2. The Hall–Kier alpha value is -0.990. The van der Waals surface area contributed by atoms with Crippen molar-refractivity contribution in [2.24, 2.45) is 7.05 Å². The maximum atomic E-state index is 6.11. The number of nitrogens with zero attached hydrogens (tertiary/aromatic N) is 2. The fourth-order valence-corrected chi connectivity index (χ4v) is 3.03. The topological polar surface area (TPSA) is 43.8 Å². The summed E-state index contributed by atoms with van der Waals surface area (Å²) in [5.41, 5.74) is 8.59. The molecule has 1 heterocycles. The van der Waals surface area contributed by atoms with Crippen LogP contribution in [0.5, 0.6) is 0 Å². The van der Waals surface area contributed by atoms with Crippen molar-refractivity contribution in [3.05, 3.63) is 11.3 Å². The van der Waals surface area contributed by atoms with Gasteiger partial charge in [0.2, 0.25) is 0 Å². The summed E-state index contributed by atoms with van der Waals surface area (Å²) >= 11 is 0. The van der Waals surface area contributed by atoms with Crippen LogP contribution in [0.4, 0.5) is 5.82 Å². The van der Waals surface area contributed by atoms with Gasteiger partial charge < -0.3 is 5.73 Å². The molecule has 0 aliphatic carbocycles. The highest BCUT2D eigenvalue weighted by molar-refractivity contribution is 5.45. The van der Waals surface area contributed by atoms with Gasteiger partial charge in [-0.2, -0.15) is 5.10 Å². The number of aryl methyl sites for hydroxylation is 2. The Morgan fingerprint density at radius 2 is 1.48 bits per heavy atom. The van der Waals surface area contributed by atoms with Crippen LogP contribution in [0, 0.1) is 0 Å². The van der Waals surface area contributed by atoms with Crippen LogP contribution in [0.1, 0.15) is 95.7 Å². The Bertz CT molecular complexity index is 393. The summed E-state index contributed by atoms with van der Waals surface area (Å²) in [5.74, 6) is 1.31. The smallest absolute Gasteiger partial charge is 0.125 e. The number of hydrogen-bond donors (Lipinski definition) is 1. The number of rotatable bonds is 11. The Kier molecular flexibility index (Phi) is 8.48. The molecule has 0 atom stereocenters. The summed E-state index contributed by atoms with van der Waals surface area (Å²) in [7, 11) is 1.95. The monoisotopic (exact) mass is 293 g/mol. The first-order valence-electron chi connectivity index (χ1n) is 8.89. The molecule has 122 valence electrons. The van der Waals surface area contributed by atoms with E-state index in [-0.39, 0.29) is 0 Å². The fourth-order valence-electron chi connectivity index (χ4n) is 3.03. The predicted molar refractivity (Wildman–Crippen MR) is 92.6 cm³/mol. The molecule has 0 aliphatic heterocycles. The van der Waals surface area contributed by atoms with E-state index < -0.39 is 0 Å². The standard InChI is InChI=1S/C18H35N3/c1-5-6-7-8-9-10-11-12-13-14-16-17(15(2)3)18(19)21(4)20-16/h15H,5-14,19H2,1-4H3. The van der Waals surface area contributed by atoms with E-state index in [1.165, 1.54) is 69.0 Å². The van der Waals surface area contributed by atoms with Gasteiger partial charge >= 0.3 is 0 Å². The van der Waals surface area contributed by atoms with Crippen molar-refractivity contribution in [2.75, 3.05) is 5.73 Å². The molecule has 1 rings (SSSR count). The molecule has 0 amide bonds. The number of aromatic nitrogens is 2. The molecule has 0 radical (unpaired) electrons. The molecule has 0 fully saturated rings. The van der Waals surface area contributed by atoms with Gasteiger partial charge in [0.05, 0.1) is 5.69 Å². The molecule has 0 spiro atoms. The quantitative estimate of drug-likeness (QED) is 0.570. The van der Waals surface area contributed by atoms with Gasteiger partial charge in [-0.1, -0.05) is 72.1 Å². The predicted octanol–water partition coefficient (Wildman–Crippen LogP) is 5.20. The molecule has 0 saturated carbocycles. The number of unbranched alkanes of at least 4 members (excludes halogenated alkanes) is 8. The molecule has 2 N–H and O–H groups in total. The zero-order valence-electron chi connectivity index (χ0n) is 14.6. The minimum absolute atomic E-state index is 0.465. The van der Waals surface area contributed by atoms with Crippen molar-refractivity contribution in [1.82, 2.24) is 9.78 Å². The van der Waals surface area contributed by atoms with Crippen LogP contribution in [-0.4, -0.2) is 9.78 Å². The van der Waals surface area contributed by atoms with Crippen molar-refractivity contribution < 1.29 is 0 Å². The first kappa shape index (κ1) is 18.1. The number of nitrogens with two attached hydrogens (primary N) is 1. The summed E-state index contributed by atoms with van der Waals surface area (Å²) in [6, 6.07) is 0. The van der Waals surface area contributed by atoms with E-state index in [0.717, 1.165) is 12.2 Å². The molecule has 0 aliphatic rings. The Balaban J connectivity index is 2.20. The van der Waals surface area contributed by atoms with Gasteiger partial charge in [-0.25, -0.2) is 0 Å². The average Bonchev–Trinajstić information content (AvgIpc) is 2.72. The van der Waals surface area contributed by atoms with Crippen LogP contribution >= 0.6 is 0 Å². The van der Waals surface area contributed by atoms with E-state index in [4.69, 9.17) is 5.73 Å². The third-order valence-corrected chi connectivity index (χ3v) is 4.30. The maximum absolute atomic E-state index is 6.11. The summed E-state index contributed by atoms with van der Waals surface area (Å²) in [5, 5.41) is 4.59. The summed E-state index contributed by atoms with van der Waals surface area (Å²) < 4.78 is 1.83. The van der Waals surface area contributed by atoms with Crippen LogP contribution in [0.15, 0.2) is 0 Å². The van der Waals surface area contributed by atoms with Crippen LogP contribution in [0.25, 0.3) is 0 Å². The van der Waals surface area contributed by atoms with Gasteiger partial charge in [-0.15, -0.1) is 0 Å². The summed E-state index contributed by atoms with van der Waals surface area (Å²) in [6.07, 6.45) is 13.4. The molecule has 0 bridgehead atoms. The molecule has 3 heteroatoms. The maximum Gasteiger partial charge on any atom is 0.125 e. The lowest BCUT2D eigenvalue weighted by molar-refractivity contribution is 0.562. The number of anilines is 1. The van der Waals surface area contributed by atoms with Crippen LogP contribution < -0.4 is 5.73 Å². The second-order valence-corrected chi connectivity index (χ2v) is 6.60. The highest BCUT2D eigenvalue weighted by atomic mass is 15.3. The van der Waals surface area contributed by atoms with Crippen molar-refractivity contribution >= 4 is 5.82 Å². The summed E-state index contributed by atoms with van der Waals surface area (Å²) in [6.45, 7) is 6.68. The van der Waals surface area contributed by atoms with Crippen molar-refractivity contribution in [2.45, 2.75) is 90.9 Å². The largest absolute Gasteiger partial charge is 0.384 e.